The Morgan fingerprint density at radius 2 is 2.16 bits per heavy atom. The second-order valence-corrected chi connectivity index (χ2v) is 7.96. The molecule has 1 aliphatic carbocycles. The zero-order chi connectivity index (χ0) is 13.7. The fraction of sp³-hybridized carbons (Fsp3) is 0.714. The minimum absolute atomic E-state index is 0.330. The molecule has 5 heteroatoms. The van der Waals surface area contributed by atoms with E-state index >= 15 is 0 Å². The fourth-order valence-electron chi connectivity index (χ4n) is 2.61. The SMILES string of the molecule is CC(CNCc1ccco1)S(=O)(=O)CC1CCCC1. The van der Waals surface area contributed by atoms with Crippen molar-refractivity contribution in [2.24, 2.45) is 5.92 Å². The van der Waals surface area contributed by atoms with Gasteiger partial charge in [0.25, 0.3) is 0 Å². The second kappa shape index (κ2) is 6.57. The first-order valence-electron chi connectivity index (χ1n) is 7.02. The van der Waals surface area contributed by atoms with Crippen molar-refractivity contribution < 1.29 is 12.8 Å². The van der Waals surface area contributed by atoms with Gasteiger partial charge in [0.15, 0.2) is 9.84 Å². The lowest BCUT2D eigenvalue weighted by atomic mass is 10.1. The lowest BCUT2D eigenvalue weighted by Gasteiger charge is -2.16. The number of furan rings is 1. The fourth-order valence-corrected chi connectivity index (χ4v) is 4.30. The van der Waals surface area contributed by atoms with E-state index in [4.69, 9.17) is 4.42 Å². The third-order valence-corrected chi connectivity index (χ3v) is 6.20. The van der Waals surface area contributed by atoms with E-state index in [1.807, 2.05) is 12.1 Å². The third-order valence-electron chi connectivity index (χ3n) is 3.87. The highest BCUT2D eigenvalue weighted by molar-refractivity contribution is 7.92. The van der Waals surface area contributed by atoms with Gasteiger partial charge in [-0.15, -0.1) is 0 Å². The van der Waals surface area contributed by atoms with Crippen LogP contribution in [0.5, 0.6) is 0 Å². The molecular weight excluding hydrogens is 262 g/mol. The van der Waals surface area contributed by atoms with Crippen molar-refractivity contribution in [3.8, 4) is 0 Å². The highest BCUT2D eigenvalue weighted by atomic mass is 32.2. The van der Waals surface area contributed by atoms with Crippen LogP contribution in [0.15, 0.2) is 22.8 Å². The summed E-state index contributed by atoms with van der Waals surface area (Å²) in [6, 6.07) is 3.71. The number of nitrogens with one attached hydrogen (secondary N) is 1. The van der Waals surface area contributed by atoms with E-state index < -0.39 is 9.84 Å². The highest BCUT2D eigenvalue weighted by Gasteiger charge is 2.26. The molecule has 1 fully saturated rings. The molecule has 108 valence electrons. The lowest BCUT2D eigenvalue weighted by Crippen LogP contribution is -2.33. The van der Waals surface area contributed by atoms with Crippen LogP contribution in [0.2, 0.25) is 0 Å². The molecule has 1 aliphatic rings. The molecule has 1 saturated carbocycles. The molecule has 0 aliphatic heterocycles. The molecule has 1 aromatic heterocycles. The normalized spacial score (nSPS) is 18.8. The van der Waals surface area contributed by atoms with Gasteiger partial charge in [-0.3, -0.25) is 0 Å². The van der Waals surface area contributed by atoms with Crippen LogP contribution in [-0.4, -0.2) is 26.0 Å². The summed E-state index contributed by atoms with van der Waals surface area (Å²) < 4.78 is 29.6. The van der Waals surface area contributed by atoms with Crippen molar-refractivity contribution in [1.82, 2.24) is 5.32 Å². The van der Waals surface area contributed by atoms with Crippen LogP contribution < -0.4 is 5.32 Å². The van der Waals surface area contributed by atoms with E-state index in [0.29, 0.717) is 24.8 Å². The Bertz CT molecular complexity index is 461. The molecule has 1 atom stereocenters. The summed E-state index contributed by atoms with van der Waals surface area (Å²) in [4.78, 5) is 0. The molecule has 0 spiro atoms. The Hall–Kier alpha value is -0.810. The minimum Gasteiger partial charge on any atom is -0.468 e. The van der Waals surface area contributed by atoms with Gasteiger partial charge < -0.3 is 9.73 Å². The zero-order valence-electron chi connectivity index (χ0n) is 11.5. The highest BCUT2D eigenvalue weighted by Crippen LogP contribution is 2.26. The predicted molar refractivity (Wildman–Crippen MR) is 75.6 cm³/mol. The van der Waals surface area contributed by atoms with Crippen LogP contribution in [0.3, 0.4) is 0 Å². The van der Waals surface area contributed by atoms with E-state index in [1.54, 1.807) is 13.2 Å². The van der Waals surface area contributed by atoms with Crippen LogP contribution in [0.4, 0.5) is 0 Å². The van der Waals surface area contributed by atoms with E-state index in [0.717, 1.165) is 18.6 Å². The Labute approximate surface area is 115 Å². The smallest absolute Gasteiger partial charge is 0.154 e. The van der Waals surface area contributed by atoms with Gasteiger partial charge in [0, 0.05) is 6.54 Å². The van der Waals surface area contributed by atoms with Crippen LogP contribution in [0.1, 0.15) is 38.4 Å². The van der Waals surface area contributed by atoms with Gasteiger partial charge in [-0.2, -0.15) is 0 Å². The third kappa shape index (κ3) is 4.35. The number of hydrogen-bond donors (Lipinski definition) is 1. The standard InChI is InChI=1S/C14H23NO3S/c1-12(9-15-10-14-7-4-8-18-14)19(16,17)11-13-5-2-3-6-13/h4,7-8,12-13,15H,2-3,5-6,9-11H2,1H3. The predicted octanol–water partition coefficient (Wildman–Crippen LogP) is 2.36. The van der Waals surface area contributed by atoms with Gasteiger partial charge in [-0.1, -0.05) is 12.8 Å². The number of sulfone groups is 1. The number of hydrogen-bond acceptors (Lipinski definition) is 4. The van der Waals surface area contributed by atoms with E-state index in [1.165, 1.54) is 12.8 Å². The van der Waals surface area contributed by atoms with E-state index in [2.05, 4.69) is 5.32 Å². The second-order valence-electron chi connectivity index (χ2n) is 5.50. The van der Waals surface area contributed by atoms with Gasteiger partial charge in [-0.25, -0.2) is 8.42 Å². The van der Waals surface area contributed by atoms with Crippen molar-refractivity contribution in [2.45, 2.75) is 44.4 Å². The quantitative estimate of drug-likeness (QED) is 0.835. The molecule has 2 rings (SSSR count). The first kappa shape index (κ1) is 14.6. The van der Waals surface area contributed by atoms with Crippen molar-refractivity contribution >= 4 is 9.84 Å². The van der Waals surface area contributed by atoms with Crippen LogP contribution in [0.25, 0.3) is 0 Å². The minimum atomic E-state index is -2.98. The maximum atomic E-state index is 12.2. The van der Waals surface area contributed by atoms with Crippen molar-refractivity contribution in [2.75, 3.05) is 12.3 Å². The lowest BCUT2D eigenvalue weighted by molar-refractivity contribution is 0.480. The first-order chi connectivity index (χ1) is 9.08. The van der Waals surface area contributed by atoms with Gasteiger partial charge in [0.1, 0.15) is 5.76 Å². The Morgan fingerprint density at radius 1 is 1.42 bits per heavy atom. The maximum absolute atomic E-state index is 12.2. The molecule has 0 saturated heterocycles. The summed E-state index contributed by atoms with van der Waals surface area (Å²) >= 11 is 0. The summed E-state index contributed by atoms with van der Waals surface area (Å²) in [5.41, 5.74) is 0. The average Bonchev–Trinajstić information content (AvgIpc) is 3.01. The molecular formula is C14H23NO3S. The zero-order valence-corrected chi connectivity index (χ0v) is 12.3. The largest absolute Gasteiger partial charge is 0.468 e. The topological polar surface area (TPSA) is 59.3 Å². The summed E-state index contributed by atoms with van der Waals surface area (Å²) in [6.45, 7) is 2.85. The van der Waals surface area contributed by atoms with Crippen LogP contribution in [0, 0.1) is 5.92 Å². The first-order valence-corrected chi connectivity index (χ1v) is 8.74. The summed E-state index contributed by atoms with van der Waals surface area (Å²) in [6.07, 6.45) is 6.14. The Kier molecular flexibility index (Phi) is 5.05. The van der Waals surface area contributed by atoms with Gasteiger partial charge >= 0.3 is 0 Å². The molecule has 4 nitrogen and oxygen atoms in total. The Balaban J connectivity index is 1.75. The Morgan fingerprint density at radius 3 is 2.79 bits per heavy atom. The van der Waals surface area contributed by atoms with E-state index in [9.17, 15) is 8.42 Å². The summed E-state index contributed by atoms with van der Waals surface area (Å²) in [7, 11) is -2.98. The molecule has 0 aromatic carbocycles. The van der Waals surface area contributed by atoms with Crippen LogP contribution >= 0.6 is 0 Å². The van der Waals surface area contributed by atoms with Gasteiger partial charge in [-0.05, 0) is 37.8 Å². The van der Waals surface area contributed by atoms with Crippen molar-refractivity contribution in [3.05, 3.63) is 24.2 Å². The van der Waals surface area contributed by atoms with E-state index in [-0.39, 0.29) is 5.25 Å². The molecule has 1 aromatic rings. The van der Waals surface area contributed by atoms with Crippen molar-refractivity contribution in [3.63, 3.8) is 0 Å². The monoisotopic (exact) mass is 285 g/mol. The van der Waals surface area contributed by atoms with Gasteiger partial charge in [0.2, 0.25) is 0 Å². The summed E-state index contributed by atoms with van der Waals surface area (Å²) in [5.74, 6) is 1.58. The molecule has 1 unspecified atom stereocenters. The molecule has 1 heterocycles. The molecule has 0 amide bonds. The number of rotatable bonds is 7. The van der Waals surface area contributed by atoms with Crippen molar-refractivity contribution in [1.29, 1.82) is 0 Å². The molecule has 1 N–H and O–H groups in total. The molecule has 0 radical (unpaired) electrons. The van der Waals surface area contributed by atoms with Gasteiger partial charge in [0.05, 0.1) is 23.8 Å². The summed E-state index contributed by atoms with van der Waals surface area (Å²) in [5, 5.41) is 2.82. The van der Waals surface area contributed by atoms with Crippen LogP contribution in [-0.2, 0) is 16.4 Å². The molecule has 0 bridgehead atoms. The maximum Gasteiger partial charge on any atom is 0.154 e. The molecule has 19 heavy (non-hydrogen) atoms. The average molecular weight is 285 g/mol.